The van der Waals surface area contributed by atoms with Crippen LogP contribution in [0.2, 0.25) is 0 Å². The molecule has 2 N–H and O–H groups in total. The van der Waals surface area contributed by atoms with Gasteiger partial charge in [0.05, 0.1) is 4.83 Å². The predicted molar refractivity (Wildman–Crippen MR) is 43.6 cm³/mol. The van der Waals surface area contributed by atoms with E-state index in [4.69, 9.17) is 10.7 Å². The van der Waals surface area contributed by atoms with Gasteiger partial charge in [-0.3, -0.25) is 5.41 Å². The molecule has 0 aliphatic heterocycles. The van der Waals surface area contributed by atoms with Gasteiger partial charge in [0.2, 0.25) is 5.90 Å². The van der Waals surface area contributed by atoms with Crippen LogP contribution in [-0.4, -0.2) is 16.0 Å². The van der Waals surface area contributed by atoms with Crippen LogP contribution in [0, 0.1) is 11.3 Å². The van der Waals surface area contributed by atoms with E-state index in [0.717, 1.165) is 6.42 Å². The van der Waals surface area contributed by atoms with Gasteiger partial charge in [-0.15, -0.1) is 0 Å². The summed E-state index contributed by atoms with van der Waals surface area (Å²) in [5, 5.41) is 15.1. The summed E-state index contributed by atoms with van der Waals surface area (Å²) < 4.78 is 0. The lowest BCUT2D eigenvalue weighted by Crippen LogP contribution is -2.16. The molecule has 60 valence electrons. The van der Waals surface area contributed by atoms with Crippen molar-refractivity contribution >= 4 is 21.8 Å². The van der Waals surface area contributed by atoms with Gasteiger partial charge in [0.15, 0.2) is 0 Å². The fourth-order valence-electron chi connectivity index (χ4n) is 0.578. The van der Waals surface area contributed by atoms with Crippen molar-refractivity contribution in [1.82, 2.24) is 0 Å². The average Bonchev–Trinajstić information content (AvgIpc) is 1.85. The lowest BCUT2D eigenvalue weighted by atomic mass is 10.1. The first-order chi connectivity index (χ1) is 4.57. The maximum Gasteiger partial charge on any atom is 0.238 e. The van der Waals surface area contributed by atoms with Crippen LogP contribution in [0.4, 0.5) is 0 Å². The summed E-state index contributed by atoms with van der Waals surface area (Å²) in [5.74, 6) is 0.355. The van der Waals surface area contributed by atoms with Gasteiger partial charge in [-0.1, -0.05) is 29.8 Å². The van der Waals surface area contributed by atoms with E-state index in [1.54, 1.807) is 0 Å². The van der Waals surface area contributed by atoms with Crippen molar-refractivity contribution in [2.24, 2.45) is 5.92 Å². The molecule has 0 bridgehead atoms. The Morgan fingerprint density at radius 1 is 1.70 bits per heavy atom. The van der Waals surface area contributed by atoms with Gasteiger partial charge in [0.25, 0.3) is 0 Å². The quantitative estimate of drug-likeness (QED) is 0.247. The monoisotopic (exact) mass is 209 g/mol. The second-order valence-electron chi connectivity index (χ2n) is 2.55. The van der Waals surface area contributed by atoms with Crippen LogP contribution < -0.4 is 0 Å². The fraction of sp³-hybridized carbons (Fsp3) is 0.833. The third-order valence-corrected chi connectivity index (χ3v) is 1.85. The molecule has 0 spiro atoms. The van der Waals surface area contributed by atoms with Gasteiger partial charge >= 0.3 is 0 Å². The Hall–Kier alpha value is -0.0900. The van der Waals surface area contributed by atoms with E-state index in [1.165, 1.54) is 0 Å². The molecule has 0 saturated heterocycles. The standard InChI is InChI=1S/C6H12BrNO2/c1-4(2)3-5(7)6(8)10-9/h4-5,8-9H,3H2,1-2H3/t5-/m0/s1. The summed E-state index contributed by atoms with van der Waals surface area (Å²) in [6.45, 7) is 4.08. The van der Waals surface area contributed by atoms with Crippen molar-refractivity contribution < 1.29 is 10.1 Å². The molecule has 0 heterocycles. The number of rotatable bonds is 3. The van der Waals surface area contributed by atoms with Crippen molar-refractivity contribution in [2.45, 2.75) is 25.1 Å². The molecule has 0 amide bonds. The van der Waals surface area contributed by atoms with Gasteiger partial charge in [-0.2, -0.15) is 0 Å². The summed E-state index contributed by atoms with van der Waals surface area (Å²) >= 11 is 3.19. The van der Waals surface area contributed by atoms with Crippen LogP contribution >= 0.6 is 15.9 Å². The highest BCUT2D eigenvalue weighted by molar-refractivity contribution is 9.10. The van der Waals surface area contributed by atoms with E-state index in [2.05, 4.69) is 20.8 Å². The molecule has 0 unspecified atom stereocenters. The lowest BCUT2D eigenvalue weighted by molar-refractivity contribution is -0.157. The first-order valence-electron chi connectivity index (χ1n) is 3.11. The average molecular weight is 210 g/mol. The SMILES string of the molecule is CC(C)C[C@H](Br)C(=N)OO. The normalized spacial score (nSPS) is 13.3. The molecule has 0 aromatic heterocycles. The minimum atomic E-state index is -0.169. The smallest absolute Gasteiger partial charge is 0.238 e. The van der Waals surface area contributed by atoms with Gasteiger partial charge in [-0.25, -0.2) is 5.26 Å². The summed E-state index contributed by atoms with van der Waals surface area (Å²) in [5.41, 5.74) is 0. The van der Waals surface area contributed by atoms with Crippen LogP contribution in [0.3, 0.4) is 0 Å². The van der Waals surface area contributed by atoms with Gasteiger partial charge < -0.3 is 4.89 Å². The Morgan fingerprint density at radius 3 is 2.50 bits per heavy atom. The maximum atomic E-state index is 8.06. The minimum Gasteiger partial charge on any atom is -0.324 e. The summed E-state index contributed by atoms with van der Waals surface area (Å²) in [6.07, 6.45) is 0.791. The predicted octanol–water partition coefficient (Wildman–Crippen LogP) is 2.26. The summed E-state index contributed by atoms with van der Waals surface area (Å²) in [7, 11) is 0. The molecule has 0 saturated carbocycles. The molecule has 3 nitrogen and oxygen atoms in total. The lowest BCUT2D eigenvalue weighted by Gasteiger charge is -2.09. The maximum absolute atomic E-state index is 8.06. The molecule has 0 aromatic rings. The van der Waals surface area contributed by atoms with Crippen molar-refractivity contribution in [3.8, 4) is 0 Å². The second kappa shape index (κ2) is 4.68. The Balaban J connectivity index is 3.61. The minimum absolute atomic E-state index is 0.131. The molecule has 0 fully saturated rings. The molecule has 0 radical (unpaired) electrons. The molecule has 0 rings (SSSR count). The molecule has 0 aliphatic rings. The number of alkyl halides is 1. The van der Waals surface area contributed by atoms with E-state index in [-0.39, 0.29) is 10.7 Å². The zero-order valence-corrected chi connectivity index (χ0v) is 7.68. The van der Waals surface area contributed by atoms with Crippen molar-refractivity contribution in [3.05, 3.63) is 0 Å². The van der Waals surface area contributed by atoms with Crippen LogP contribution in [0.5, 0.6) is 0 Å². The Labute approximate surface area is 69.0 Å². The third-order valence-electron chi connectivity index (χ3n) is 1.06. The highest BCUT2D eigenvalue weighted by atomic mass is 79.9. The molecule has 1 atom stereocenters. The zero-order valence-electron chi connectivity index (χ0n) is 6.10. The molecular weight excluding hydrogens is 198 g/mol. The fourth-order valence-corrected chi connectivity index (χ4v) is 1.41. The highest BCUT2D eigenvalue weighted by Gasteiger charge is 2.13. The third kappa shape index (κ3) is 3.85. The van der Waals surface area contributed by atoms with Gasteiger partial charge in [-0.05, 0) is 12.3 Å². The van der Waals surface area contributed by atoms with Crippen molar-refractivity contribution in [1.29, 1.82) is 5.41 Å². The van der Waals surface area contributed by atoms with Crippen LogP contribution in [-0.2, 0) is 4.89 Å². The Bertz CT molecular complexity index is 116. The van der Waals surface area contributed by atoms with Crippen LogP contribution in [0.15, 0.2) is 0 Å². The Kier molecular flexibility index (Phi) is 4.64. The molecular formula is C6H12BrNO2. The van der Waals surface area contributed by atoms with E-state index in [0.29, 0.717) is 5.92 Å². The van der Waals surface area contributed by atoms with Gasteiger partial charge in [0.1, 0.15) is 0 Å². The number of hydrogen-bond donors (Lipinski definition) is 2. The highest BCUT2D eigenvalue weighted by Crippen LogP contribution is 2.13. The molecule has 10 heavy (non-hydrogen) atoms. The van der Waals surface area contributed by atoms with E-state index in [9.17, 15) is 0 Å². The van der Waals surface area contributed by atoms with Crippen LogP contribution in [0.25, 0.3) is 0 Å². The molecule has 0 aromatic carbocycles. The summed E-state index contributed by atoms with van der Waals surface area (Å²) in [4.78, 5) is 3.58. The molecule has 4 heteroatoms. The topological polar surface area (TPSA) is 53.3 Å². The van der Waals surface area contributed by atoms with Crippen molar-refractivity contribution in [3.63, 3.8) is 0 Å². The summed E-state index contributed by atoms with van der Waals surface area (Å²) in [6, 6.07) is 0. The number of nitrogens with one attached hydrogen (secondary N) is 1. The Morgan fingerprint density at radius 2 is 2.20 bits per heavy atom. The molecule has 0 aliphatic carbocycles. The van der Waals surface area contributed by atoms with E-state index in [1.807, 2.05) is 13.8 Å². The number of hydrogen-bond acceptors (Lipinski definition) is 3. The van der Waals surface area contributed by atoms with E-state index < -0.39 is 0 Å². The van der Waals surface area contributed by atoms with Gasteiger partial charge in [0, 0.05) is 0 Å². The largest absolute Gasteiger partial charge is 0.324 e. The second-order valence-corrected chi connectivity index (χ2v) is 3.66. The van der Waals surface area contributed by atoms with E-state index >= 15 is 0 Å². The number of halogens is 1. The van der Waals surface area contributed by atoms with Crippen molar-refractivity contribution in [2.75, 3.05) is 0 Å². The first-order valence-corrected chi connectivity index (χ1v) is 4.03. The van der Waals surface area contributed by atoms with Crippen LogP contribution in [0.1, 0.15) is 20.3 Å². The first kappa shape index (κ1) is 9.91. The zero-order chi connectivity index (χ0) is 8.15.